The molecule has 9 heteroatoms. The van der Waals surface area contributed by atoms with Crippen molar-refractivity contribution in [3.8, 4) is 0 Å². The molecular formula is C20H25BrN6O2. The molecule has 0 spiro atoms. The quantitative estimate of drug-likeness (QED) is 0.518. The van der Waals surface area contributed by atoms with Crippen LogP contribution in [0.5, 0.6) is 0 Å². The van der Waals surface area contributed by atoms with Gasteiger partial charge >= 0.3 is 0 Å². The first-order chi connectivity index (χ1) is 14.0. The van der Waals surface area contributed by atoms with Gasteiger partial charge in [0.05, 0.1) is 17.7 Å². The highest BCUT2D eigenvalue weighted by Gasteiger charge is 2.28. The number of anilines is 2. The molecule has 1 atom stereocenters. The average Bonchev–Trinajstić information content (AvgIpc) is 3.08. The number of methoxy groups -OCH3 is 1. The maximum atomic E-state index is 6.11. The number of hydrogen-bond donors (Lipinski definition) is 2. The Labute approximate surface area is 178 Å². The van der Waals surface area contributed by atoms with Crippen molar-refractivity contribution < 1.29 is 9.47 Å². The number of hydrogen-bond acceptors (Lipinski definition) is 7. The van der Waals surface area contributed by atoms with Crippen LogP contribution in [0.1, 0.15) is 31.2 Å². The van der Waals surface area contributed by atoms with E-state index in [2.05, 4.69) is 56.6 Å². The molecule has 4 rings (SSSR count). The molecule has 0 saturated heterocycles. The molecular weight excluding hydrogens is 436 g/mol. The van der Waals surface area contributed by atoms with Gasteiger partial charge < -0.3 is 20.1 Å². The smallest absolute Gasteiger partial charge is 0.225 e. The fourth-order valence-electron chi connectivity index (χ4n) is 3.42. The van der Waals surface area contributed by atoms with Crippen molar-refractivity contribution in [1.82, 2.24) is 19.7 Å². The lowest BCUT2D eigenvalue weighted by Gasteiger charge is -2.27. The number of benzene rings is 1. The molecule has 3 aromatic rings. The molecule has 1 aromatic carbocycles. The van der Waals surface area contributed by atoms with E-state index < -0.39 is 0 Å². The predicted molar refractivity (Wildman–Crippen MR) is 116 cm³/mol. The summed E-state index contributed by atoms with van der Waals surface area (Å²) in [6, 6.07) is 6.13. The molecule has 8 nitrogen and oxygen atoms in total. The lowest BCUT2D eigenvalue weighted by atomic mass is 10.0. The van der Waals surface area contributed by atoms with Crippen LogP contribution in [0.3, 0.4) is 0 Å². The highest BCUT2D eigenvalue weighted by atomic mass is 79.9. The summed E-state index contributed by atoms with van der Waals surface area (Å²) in [7, 11) is 1.67. The summed E-state index contributed by atoms with van der Waals surface area (Å²) in [5.74, 6) is 1.00. The Morgan fingerprint density at radius 3 is 3.03 bits per heavy atom. The van der Waals surface area contributed by atoms with Gasteiger partial charge in [-0.2, -0.15) is 10.1 Å². The van der Waals surface area contributed by atoms with E-state index in [4.69, 9.17) is 14.5 Å². The van der Waals surface area contributed by atoms with Gasteiger partial charge in [0.25, 0.3) is 0 Å². The van der Waals surface area contributed by atoms with Gasteiger partial charge in [-0.1, -0.05) is 29.8 Å². The Hall–Kier alpha value is -2.23. The van der Waals surface area contributed by atoms with E-state index in [9.17, 15) is 0 Å². The van der Waals surface area contributed by atoms with Crippen molar-refractivity contribution in [2.45, 2.75) is 26.5 Å². The van der Waals surface area contributed by atoms with Gasteiger partial charge in [-0.05, 0) is 24.1 Å². The fraction of sp³-hybridized carbons (Fsp3) is 0.450. The minimum Gasteiger partial charge on any atom is -0.383 e. The molecule has 0 bridgehead atoms. The van der Waals surface area contributed by atoms with Gasteiger partial charge in [0, 0.05) is 42.1 Å². The van der Waals surface area contributed by atoms with Crippen LogP contribution in [0.4, 0.5) is 11.6 Å². The van der Waals surface area contributed by atoms with E-state index >= 15 is 0 Å². The Morgan fingerprint density at radius 1 is 1.38 bits per heavy atom. The van der Waals surface area contributed by atoms with Crippen molar-refractivity contribution in [2.24, 2.45) is 5.92 Å². The highest BCUT2D eigenvalue weighted by Crippen LogP contribution is 2.38. The van der Waals surface area contributed by atoms with E-state index in [1.165, 1.54) is 0 Å². The van der Waals surface area contributed by atoms with E-state index in [-0.39, 0.29) is 6.10 Å². The number of halogens is 1. The first kappa shape index (κ1) is 20.1. The first-order valence-corrected chi connectivity index (χ1v) is 10.5. The lowest BCUT2D eigenvalue weighted by Crippen LogP contribution is -2.22. The highest BCUT2D eigenvalue weighted by molar-refractivity contribution is 9.10. The lowest BCUT2D eigenvalue weighted by molar-refractivity contribution is 0.0858. The predicted octanol–water partition coefficient (Wildman–Crippen LogP) is 3.79. The number of nitrogens with one attached hydrogen (secondary N) is 2. The zero-order valence-electron chi connectivity index (χ0n) is 16.8. The summed E-state index contributed by atoms with van der Waals surface area (Å²) in [6.07, 6.45) is 1.71. The number of aromatic nitrogens is 4. The number of fused-ring (bicyclic) bond motifs is 2. The maximum absolute atomic E-state index is 6.11. The van der Waals surface area contributed by atoms with E-state index in [1.807, 2.05) is 23.0 Å². The minimum absolute atomic E-state index is 0.311. The van der Waals surface area contributed by atoms with Gasteiger partial charge in [0.1, 0.15) is 12.8 Å². The van der Waals surface area contributed by atoms with Crippen LogP contribution in [0.15, 0.2) is 28.9 Å². The third-order valence-corrected chi connectivity index (χ3v) is 5.15. The molecule has 154 valence electrons. The van der Waals surface area contributed by atoms with Crippen molar-refractivity contribution in [3.05, 3.63) is 40.1 Å². The van der Waals surface area contributed by atoms with Crippen LogP contribution >= 0.6 is 15.9 Å². The van der Waals surface area contributed by atoms with Gasteiger partial charge in [-0.15, -0.1) is 0 Å². The Balaban J connectivity index is 1.81. The monoisotopic (exact) mass is 460 g/mol. The number of nitrogens with zero attached hydrogens (tertiary/aromatic N) is 4. The zero-order chi connectivity index (χ0) is 20.4. The molecule has 29 heavy (non-hydrogen) atoms. The van der Waals surface area contributed by atoms with Gasteiger partial charge in [-0.25, -0.2) is 4.98 Å². The van der Waals surface area contributed by atoms with Gasteiger partial charge in [0.2, 0.25) is 5.95 Å². The standard InChI is InChI=1S/C20H25BrN6O2/c1-12(2)9-27-10-15-17(24-20(22-6-7-28-3)25-19(15)26-27)18-14-8-13(21)4-5-16(14)23-11-29-18/h4-5,8,10,12,18,23H,6-7,9,11H2,1-3H3,(H,22,25,26). The molecule has 1 unspecified atom stereocenters. The van der Waals surface area contributed by atoms with Crippen molar-refractivity contribution >= 4 is 38.6 Å². The van der Waals surface area contributed by atoms with Crippen molar-refractivity contribution in [2.75, 3.05) is 37.6 Å². The molecule has 0 fully saturated rings. The van der Waals surface area contributed by atoms with Crippen LogP contribution < -0.4 is 10.6 Å². The minimum atomic E-state index is -0.311. The van der Waals surface area contributed by atoms with E-state index in [0.29, 0.717) is 37.4 Å². The van der Waals surface area contributed by atoms with Crippen molar-refractivity contribution in [1.29, 1.82) is 0 Å². The topological polar surface area (TPSA) is 86.1 Å². The van der Waals surface area contributed by atoms with Crippen LogP contribution in [-0.2, 0) is 16.0 Å². The van der Waals surface area contributed by atoms with Gasteiger partial charge in [0.15, 0.2) is 5.65 Å². The zero-order valence-corrected chi connectivity index (χ0v) is 18.4. The number of rotatable bonds is 7. The van der Waals surface area contributed by atoms with Crippen LogP contribution in [0, 0.1) is 5.92 Å². The summed E-state index contributed by atoms with van der Waals surface area (Å²) in [4.78, 5) is 9.43. The van der Waals surface area contributed by atoms with E-state index in [0.717, 1.165) is 33.3 Å². The van der Waals surface area contributed by atoms with E-state index in [1.54, 1.807) is 7.11 Å². The molecule has 0 aliphatic carbocycles. The molecule has 0 amide bonds. The van der Waals surface area contributed by atoms with Crippen LogP contribution in [0.25, 0.3) is 11.0 Å². The van der Waals surface area contributed by atoms with Gasteiger partial charge in [-0.3, -0.25) is 4.68 Å². The normalized spacial score (nSPS) is 16.1. The van der Waals surface area contributed by atoms with Crippen LogP contribution in [-0.4, -0.2) is 46.7 Å². The Bertz CT molecular complexity index is 1010. The second-order valence-electron chi connectivity index (χ2n) is 7.43. The third kappa shape index (κ3) is 4.36. The number of ether oxygens (including phenoxy) is 2. The summed E-state index contributed by atoms with van der Waals surface area (Å²) in [6.45, 7) is 6.75. The average molecular weight is 461 g/mol. The SMILES string of the molecule is COCCNc1nc(C2OCNc3ccc(Br)cc32)c2cn(CC(C)C)nc2n1. The summed E-state index contributed by atoms with van der Waals surface area (Å²) in [5, 5.41) is 12.1. The molecule has 1 aliphatic rings. The second-order valence-corrected chi connectivity index (χ2v) is 8.35. The molecule has 0 radical (unpaired) electrons. The molecule has 2 N–H and O–H groups in total. The second kappa shape index (κ2) is 8.64. The van der Waals surface area contributed by atoms with Crippen LogP contribution in [0.2, 0.25) is 0 Å². The fourth-order valence-corrected chi connectivity index (χ4v) is 3.79. The molecule has 1 aliphatic heterocycles. The summed E-state index contributed by atoms with van der Waals surface area (Å²) < 4.78 is 14.2. The Kier molecular flexibility index (Phi) is 5.98. The van der Waals surface area contributed by atoms with Crippen molar-refractivity contribution in [3.63, 3.8) is 0 Å². The summed E-state index contributed by atoms with van der Waals surface area (Å²) in [5.41, 5.74) is 3.55. The molecule has 3 heterocycles. The third-order valence-electron chi connectivity index (χ3n) is 4.65. The molecule has 0 saturated carbocycles. The Morgan fingerprint density at radius 2 is 2.24 bits per heavy atom. The molecule has 2 aromatic heterocycles. The maximum Gasteiger partial charge on any atom is 0.225 e. The largest absolute Gasteiger partial charge is 0.383 e. The first-order valence-electron chi connectivity index (χ1n) is 9.68. The summed E-state index contributed by atoms with van der Waals surface area (Å²) >= 11 is 3.57.